The quantitative estimate of drug-likeness (QED) is 0.139. The summed E-state index contributed by atoms with van der Waals surface area (Å²) in [5, 5.41) is 0. The van der Waals surface area contributed by atoms with E-state index in [0.717, 1.165) is 32.2 Å². The van der Waals surface area contributed by atoms with Crippen LogP contribution in [0.2, 0.25) is 0 Å². The van der Waals surface area contributed by atoms with E-state index in [1.54, 1.807) is 0 Å². The summed E-state index contributed by atoms with van der Waals surface area (Å²) in [6.45, 7) is 3.31. The number of phosphoric ester groups is 1. The SMILES string of the molecule is CCCCCCCCCCCCCCCCC12OP(=O)(OC)OC1CCC[N+]2(C)C. The summed E-state index contributed by atoms with van der Waals surface area (Å²) in [6.07, 6.45) is 21.7. The first-order chi connectivity index (χ1) is 14.4. The summed E-state index contributed by atoms with van der Waals surface area (Å²) >= 11 is 0. The Balaban J connectivity index is 1.58. The van der Waals surface area contributed by atoms with E-state index < -0.39 is 13.5 Å². The van der Waals surface area contributed by atoms with Crippen molar-refractivity contribution in [1.82, 2.24) is 0 Å². The summed E-state index contributed by atoms with van der Waals surface area (Å²) in [5.74, 6) is 0. The van der Waals surface area contributed by atoms with Crippen molar-refractivity contribution in [1.29, 1.82) is 0 Å². The van der Waals surface area contributed by atoms with Gasteiger partial charge in [0.2, 0.25) is 5.72 Å². The van der Waals surface area contributed by atoms with Crippen molar-refractivity contribution in [2.75, 3.05) is 27.7 Å². The van der Waals surface area contributed by atoms with E-state index in [1.165, 1.54) is 90.6 Å². The zero-order chi connectivity index (χ0) is 21.9. The number of hydrogen-bond acceptors (Lipinski definition) is 4. The minimum Gasteiger partial charge on any atom is -0.298 e. The van der Waals surface area contributed by atoms with Gasteiger partial charge in [-0.3, -0.25) is 13.5 Å². The van der Waals surface area contributed by atoms with Gasteiger partial charge in [-0.15, -0.1) is 0 Å². The van der Waals surface area contributed by atoms with Crippen molar-refractivity contribution < 1.29 is 22.6 Å². The first-order valence-electron chi connectivity index (χ1n) is 12.8. The number of quaternary nitrogens is 1. The number of unbranched alkanes of at least 4 members (excludes halogenated alkanes) is 13. The van der Waals surface area contributed by atoms with Crippen molar-refractivity contribution in [3.8, 4) is 0 Å². The number of hydrogen-bond donors (Lipinski definition) is 0. The maximum absolute atomic E-state index is 12.7. The first kappa shape index (κ1) is 26.3. The number of rotatable bonds is 16. The molecule has 0 aromatic heterocycles. The maximum atomic E-state index is 12.7. The lowest BCUT2D eigenvalue weighted by Crippen LogP contribution is -2.67. The van der Waals surface area contributed by atoms with Gasteiger partial charge in [-0.1, -0.05) is 90.4 Å². The maximum Gasteiger partial charge on any atom is 0.480 e. The van der Waals surface area contributed by atoms with Crippen LogP contribution in [0.15, 0.2) is 0 Å². The number of piperidine rings is 1. The molecule has 178 valence electrons. The van der Waals surface area contributed by atoms with Gasteiger partial charge in [-0.05, 0) is 19.3 Å². The Labute approximate surface area is 186 Å². The summed E-state index contributed by atoms with van der Waals surface area (Å²) in [5.41, 5.74) is -0.513. The molecule has 0 aromatic rings. The fraction of sp³-hybridized carbons (Fsp3) is 1.00. The fourth-order valence-corrected chi connectivity index (χ4v) is 6.92. The Morgan fingerprint density at radius 2 is 1.40 bits per heavy atom. The van der Waals surface area contributed by atoms with E-state index in [4.69, 9.17) is 13.6 Å². The number of fused-ring (bicyclic) bond motifs is 1. The summed E-state index contributed by atoms with van der Waals surface area (Å²) in [6, 6.07) is 0. The van der Waals surface area contributed by atoms with E-state index in [2.05, 4.69) is 21.0 Å². The molecule has 6 heteroatoms. The van der Waals surface area contributed by atoms with Crippen molar-refractivity contribution >= 4 is 7.82 Å². The largest absolute Gasteiger partial charge is 0.480 e. The fourth-order valence-electron chi connectivity index (χ4n) is 5.31. The molecule has 2 rings (SSSR count). The third-order valence-electron chi connectivity index (χ3n) is 7.35. The lowest BCUT2D eigenvalue weighted by atomic mass is 9.88. The highest BCUT2D eigenvalue weighted by atomic mass is 31.2. The summed E-state index contributed by atoms with van der Waals surface area (Å²) in [4.78, 5) is 0. The van der Waals surface area contributed by atoms with Crippen LogP contribution in [-0.2, 0) is 18.1 Å². The molecular formula is C24H49NO4P+. The number of likely N-dealkylation sites (tertiary alicyclic amines) is 1. The third-order valence-corrected chi connectivity index (χ3v) is 8.85. The average Bonchev–Trinajstić information content (AvgIpc) is 3.03. The third kappa shape index (κ3) is 7.30. The van der Waals surface area contributed by atoms with Gasteiger partial charge in [0.05, 0.1) is 20.6 Å². The van der Waals surface area contributed by atoms with Gasteiger partial charge >= 0.3 is 7.82 Å². The molecule has 0 bridgehead atoms. The van der Waals surface area contributed by atoms with Crippen LogP contribution in [0.1, 0.15) is 116 Å². The molecule has 2 aliphatic rings. The Morgan fingerprint density at radius 1 is 0.900 bits per heavy atom. The highest BCUT2D eigenvalue weighted by Crippen LogP contribution is 2.65. The van der Waals surface area contributed by atoms with Crippen LogP contribution in [0, 0.1) is 0 Å². The smallest absolute Gasteiger partial charge is 0.298 e. The molecule has 0 aromatic carbocycles. The minimum atomic E-state index is -3.41. The second-order valence-electron chi connectivity index (χ2n) is 10.1. The highest BCUT2D eigenvalue weighted by molar-refractivity contribution is 7.48. The molecule has 0 aliphatic carbocycles. The van der Waals surface area contributed by atoms with Gasteiger partial charge < -0.3 is 0 Å². The summed E-state index contributed by atoms with van der Waals surface area (Å²) < 4.78 is 30.5. The van der Waals surface area contributed by atoms with Crippen LogP contribution in [-0.4, -0.2) is 44.1 Å². The summed E-state index contributed by atoms with van der Waals surface area (Å²) in [7, 11) is 2.39. The molecule has 3 unspecified atom stereocenters. The topological polar surface area (TPSA) is 44.8 Å². The van der Waals surface area contributed by atoms with Gasteiger partial charge in [0.15, 0.2) is 6.10 Å². The van der Waals surface area contributed by atoms with Crippen LogP contribution in [0.4, 0.5) is 0 Å². The van der Waals surface area contributed by atoms with Crippen LogP contribution in [0.25, 0.3) is 0 Å². The van der Waals surface area contributed by atoms with E-state index >= 15 is 0 Å². The molecule has 0 saturated carbocycles. The van der Waals surface area contributed by atoms with Crippen LogP contribution in [0.3, 0.4) is 0 Å². The van der Waals surface area contributed by atoms with Gasteiger partial charge in [0.1, 0.15) is 0 Å². The number of likely N-dealkylation sites (N-methyl/N-ethyl adjacent to an activating group) is 1. The highest BCUT2D eigenvalue weighted by Gasteiger charge is 2.66. The molecule has 3 atom stereocenters. The molecule has 2 fully saturated rings. The lowest BCUT2D eigenvalue weighted by molar-refractivity contribution is -0.970. The molecule has 2 saturated heterocycles. The van der Waals surface area contributed by atoms with Crippen LogP contribution in [0.5, 0.6) is 0 Å². The predicted molar refractivity (Wildman–Crippen MR) is 124 cm³/mol. The van der Waals surface area contributed by atoms with Crippen molar-refractivity contribution in [2.24, 2.45) is 0 Å². The molecule has 0 spiro atoms. The lowest BCUT2D eigenvalue weighted by Gasteiger charge is -2.49. The Kier molecular flexibility index (Phi) is 11.4. The van der Waals surface area contributed by atoms with Crippen LogP contribution < -0.4 is 0 Å². The normalized spacial score (nSPS) is 30.5. The zero-order valence-corrected chi connectivity index (χ0v) is 21.2. The molecule has 0 amide bonds. The second kappa shape index (κ2) is 12.9. The van der Waals surface area contributed by atoms with Gasteiger partial charge in [0.25, 0.3) is 0 Å². The molecule has 2 heterocycles. The van der Waals surface area contributed by atoms with Crippen LogP contribution >= 0.6 is 7.82 Å². The van der Waals surface area contributed by atoms with Crippen molar-refractivity contribution in [2.45, 2.75) is 128 Å². The molecule has 0 N–H and O–H groups in total. The van der Waals surface area contributed by atoms with Gasteiger partial charge in [-0.25, -0.2) is 9.09 Å². The Hall–Kier alpha value is 0.0700. The van der Waals surface area contributed by atoms with E-state index in [9.17, 15) is 4.57 Å². The predicted octanol–water partition coefficient (Wildman–Crippen LogP) is 7.59. The molecule has 2 aliphatic heterocycles. The standard InChI is InChI=1S/C24H49NO4P/c1-5-6-7-8-9-10-11-12-13-14-15-16-17-18-21-24-23(20-19-22-25(24,2)3)28-30(26,27-4)29-24/h23H,5-22H2,1-4H3/q+1. The van der Waals surface area contributed by atoms with Crippen molar-refractivity contribution in [3.63, 3.8) is 0 Å². The number of nitrogens with zero attached hydrogens (tertiary/aromatic N) is 1. The van der Waals surface area contributed by atoms with E-state index in [0.29, 0.717) is 4.48 Å². The second-order valence-corrected chi connectivity index (χ2v) is 11.7. The van der Waals surface area contributed by atoms with Gasteiger partial charge in [-0.2, -0.15) is 0 Å². The van der Waals surface area contributed by atoms with Gasteiger partial charge in [0, 0.05) is 13.5 Å². The van der Waals surface area contributed by atoms with E-state index in [1.807, 2.05) is 0 Å². The molecule has 0 radical (unpaired) electrons. The molecule has 30 heavy (non-hydrogen) atoms. The molecular weight excluding hydrogens is 397 g/mol. The van der Waals surface area contributed by atoms with E-state index in [-0.39, 0.29) is 6.10 Å². The zero-order valence-electron chi connectivity index (χ0n) is 20.3. The average molecular weight is 447 g/mol. The number of phosphoric acid groups is 1. The Bertz CT molecular complexity index is 527. The first-order valence-corrected chi connectivity index (χ1v) is 14.2. The Morgan fingerprint density at radius 3 is 1.90 bits per heavy atom. The monoisotopic (exact) mass is 446 g/mol. The minimum absolute atomic E-state index is 0.117. The molecule has 5 nitrogen and oxygen atoms in total. The van der Waals surface area contributed by atoms with Crippen molar-refractivity contribution in [3.05, 3.63) is 0 Å².